The van der Waals surface area contributed by atoms with Crippen molar-refractivity contribution in [2.75, 3.05) is 17.3 Å². The van der Waals surface area contributed by atoms with Crippen LogP contribution in [0.2, 0.25) is 0 Å². The molecule has 0 aliphatic heterocycles. The zero-order valence-corrected chi connectivity index (χ0v) is 15.9. The Morgan fingerprint density at radius 2 is 1.93 bits per heavy atom. The van der Waals surface area contributed by atoms with Crippen molar-refractivity contribution < 1.29 is 9.53 Å². The van der Waals surface area contributed by atoms with E-state index in [-0.39, 0.29) is 5.91 Å². The molecule has 1 heterocycles. The summed E-state index contributed by atoms with van der Waals surface area (Å²) in [5, 5.41) is 9.64. The van der Waals surface area contributed by atoms with Gasteiger partial charge in [-0.2, -0.15) is 5.10 Å². The van der Waals surface area contributed by atoms with Crippen LogP contribution in [-0.2, 0) is 4.79 Å². The van der Waals surface area contributed by atoms with Gasteiger partial charge in [-0.05, 0) is 48.9 Å². The third-order valence-corrected chi connectivity index (χ3v) is 4.32. The predicted molar refractivity (Wildman–Crippen MR) is 111 cm³/mol. The van der Waals surface area contributed by atoms with Crippen LogP contribution >= 0.6 is 11.3 Å². The van der Waals surface area contributed by atoms with Gasteiger partial charge in [0.2, 0.25) is 11.0 Å². The molecule has 0 saturated carbocycles. The molecule has 0 aliphatic rings. The number of benzene rings is 2. The Kier molecular flexibility index (Phi) is 6.17. The Bertz CT molecular complexity index is 918. The van der Waals surface area contributed by atoms with E-state index in [1.807, 2.05) is 60.8 Å². The number of hydrazone groups is 1. The van der Waals surface area contributed by atoms with Gasteiger partial charge in [0, 0.05) is 23.6 Å². The van der Waals surface area contributed by atoms with E-state index in [4.69, 9.17) is 4.74 Å². The van der Waals surface area contributed by atoms with Crippen LogP contribution in [0.3, 0.4) is 0 Å². The molecule has 0 atom stereocenters. The first-order valence-electron chi connectivity index (χ1n) is 8.49. The fourth-order valence-corrected chi connectivity index (χ4v) is 3.03. The highest BCUT2D eigenvalue weighted by atomic mass is 32.1. The van der Waals surface area contributed by atoms with Crippen molar-refractivity contribution in [3.8, 4) is 17.0 Å². The SMILES string of the molecule is CCOc1ccc(/C=N\Nc2nc(-c3ccc(NC(C)=O)cc3)cs2)cc1. The largest absolute Gasteiger partial charge is 0.494 e. The highest BCUT2D eigenvalue weighted by molar-refractivity contribution is 7.14. The molecule has 3 aromatic rings. The lowest BCUT2D eigenvalue weighted by atomic mass is 10.1. The van der Waals surface area contributed by atoms with Crippen molar-refractivity contribution in [3.63, 3.8) is 0 Å². The van der Waals surface area contributed by atoms with E-state index in [2.05, 4.69) is 20.8 Å². The quantitative estimate of drug-likeness (QED) is 0.463. The first-order valence-corrected chi connectivity index (χ1v) is 9.37. The molecule has 0 fully saturated rings. The molecule has 2 N–H and O–H groups in total. The topological polar surface area (TPSA) is 75.6 Å². The molecule has 1 aromatic heterocycles. The minimum absolute atomic E-state index is 0.0896. The molecular weight excluding hydrogens is 360 g/mol. The minimum Gasteiger partial charge on any atom is -0.494 e. The Hall–Kier alpha value is -3.19. The standard InChI is InChI=1S/C20H20N4O2S/c1-3-26-18-10-4-15(5-11-18)12-21-24-20-23-19(13-27-20)16-6-8-17(9-7-16)22-14(2)25/h4-13H,3H2,1-2H3,(H,22,25)(H,23,24)/b21-12-. The number of rotatable bonds is 7. The molecule has 0 radical (unpaired) electrons. The van der Waals surface area contributed by atoms with Crippen molar-refractivity contribution in [3.05, 3.63) is 59.5 Å². The third-order valence-electron chi connectivity index (χ3n) is 3.57. The first-order chi connectivity index (χ1) is 13.1. The van der Waals surface area contributed by atoms with Crippen molar-refractivity contribution in [2.45, 2.75) is 13.8 Å². The number of carbonyl (C=O) groups is 1. The van der Waals surface area contributed by atoms with Crippen LogP contribution < -0.4 is 15.5 Å². The molecule has 0 unspecified atom stereocenters. The number of aromatic nitrogens is 1. The van der Waals surface area contributed by atoms with E-state index in [1.54, 1.807) is 6.21 Å². The van der Waals surface area contributed by atoms with Crippen LogP contribution in [0.15, 0.2) is 59.0 Å². The monoisotopic (exact) mass is 380 g/mol. The zero-order valence-electron chi connectivity index (χ0n) is 15.1. The maximum Gasteiger partial charge on any atom is 0.221 e. The number of carbonyl (C=O) groups excluding carboxylic acids is 1. The van der Waals surface area contributed by atoms with E-state index in [9.17, 15) is 4.79 Å². The summed E-state index contributed by atoms with van der Waals surface area (Å²) in [6.07, 6.45) is 1.74. The maximum absolute atomic E-state index is 11.1. The number of ether oxygens (including phenoxy) is 1. The molecule has 1 amide bonds. The lowest BCUT2D eigenvalue weighted by molar-refractivity contribution is -0.114. The second kappa shape index (κ2) is 8.95. The number of nitrogens with zero attached hydrogens (tertiary/aromatic N) is 2. The molecule has 3 rings (SSSR count). The fraction of sp³-hybridized carbons (Fsp3) is 0.150. The van der Waals surface area contributed by atoms with Crippen LogP contribution in [-0.4, -0.2) is 23.7 Å². The Morgan fingerprint density at radius 3 is 2.59 bits per heavy atom. The summed E-state index contributed by atoms with van der Waals surface area (Å²) in [5.74, 6) is 0.755. The lowest BCUT2D eigenvalue weighted by Gasteiger charge is -2.02. The molecule has 138 valence electrons. The van der Waals surface area contributed by atoms with Gasteiger partial charge in [0.25, 0.3) is 0 Å². The number of nitrogens with one attached hydrogen (secondary N) is 2. The summed E-state index contributed by atoms with van der Waals surface area (Å²) < 4.78 is 5.42. The molecule has 0 bridgehead atoms. The molecule has 0 saturated heterocycles. The van der Waals surface area contributed by atoms with Gasteiger partial charge < -0.3 is 10.1 Å². The summed E-state index contributed by atoms with van der Waals surface area (Å²) in [5.41, 5.74) is 6.51. The Morgan fingerprint density at radius 1 is 1.19 bits per heavy atom. The number of anilines is 2. The van der Waals surface area contributed by atoms with E-state index >= 15 is 0 Å². The number of amides is 1. The van der Waals surface area contributed by atoms with Gasteiger partial charge in [0.15, 0.2) is 0 Å². The van der Waals surface area contributed by atoms with Crippen molar-refractivity contribution in [1.82, 2.24) is 4.98 Å². The molecule has 0 spiro atoms. The smallest absolute Gasteiger partial charge is 0.221 e. The van der Waals surface area contributed by atoms with Crippen LogP contribution in [0.1, 0.15) is 19.4 Å². The average molecular weight is 380 g/mol. The van der Waals surface area contributed by atoms with Crippen molar-refractivity contribution in [2.24, 2.45) is 5.10 Å². The van der Waals surface area contributed by atoms with Crippen LogP contribution in [0.5, 0.6) is 5.75 Å². The predicted octanol–water partition coefficient (Wildman–Crippen LogP) is 4.61. The molecule has 7 heteroatoms. The lowest BCUT2D eigenvalue weighted by Crippen LogP contribution is -2.05. The van der Waals surface area contributed by atoms with Crippen LogP contribution in [0.25, 0.3) is 11.3 Å². The zero-order chi connectivity index (χ0) is 19.1. The molecule has 0 aliphatic carbocycles. The van der Waals surface area contributed by atoms with Gasteiger partial charge in [-0.15, -0.1) is 11.3 Å². The number of hydrogen-bond acceptors (Lipinski definition) is 6. The highest BCUT2D eigenvalue weighted by Gasteiger charge is 2.04. The van der Waals surface area contributed by atoms with Gasteiger partial charge >= 0.3 is 0 Å². The first kappa shape index (κ1) is 18.6. The Labute approximate surface area is 161 Å². The van der Waals surface area contributed by atoms with Crippen LogP contribution in [0.4, 0.5) is 10.8 Å². The second-order valence-electron chi connectivity index (χ2n) is 5.67. The van der Waals surface area contributed by atoms with E-state index in [0.717, 1.165) is 28.3 Å². The van der Waals surface area contributed by atoms with Gasteiger partial charge in [0.05, 0.1) is 18.5 Å². The van der Waals surface area contributed by atoms with Crippen LogP contribution in [0, 0.1) is 0 Å². The average Bonchev–Trinajstić information content (AvgIpc) is 3.12. The summed E-state index contributed by atoms with van der Waals surface area (Å²) in [4.78, 5) is 15.6. The van der Waals surface area contributed by atoms with Gasteiger partial charge in [0.1, 0.15) is 5.75 Å². The van der Waals surface area contributed by atoms with Gasteiger partial charge in [-0.3, -0.25) is 10.2 Å². The Balaban J connectivity index is 1.59. The second-order valence-corrected chi connectivity index (χ2v) is 6.53. The normalized spacial score (nSPS) is 10.7. The van der Waals surface area contributed by atoms with Crippen molar-refractivity contribution >= 4 is 34.3 Å². The van der Waals surface area contributed by atoms with Gasteiger partial charge in [-0.25, -0.2) is 4.98 Å². The summed E-state index contributed by atoms with van der Waals surface area (Å²) in [6.45, 7) is 4.09. The highest BCUT2D eigenvalue weighted by Crippen LogP contribution is 2.26. The van der Waals surface area contributed by atoms with E-state index < -0.39 is 0 Å². The number of hydrogen-bond donors (Lipinski definition) is 2. The summed E-state index contributed by atoms with van der Waals surface area (Å²) in [7, 11) is 0. The summed E-state index contributed by atoms with van der Waals surface area (Å²) in [6, 6.07) is 15.3. The molecular formula is C20H20N4O2S. The fourth-order valence-electron chi connectivity index (χ4n) is 2.36. The molecule has 2 aromatic carbocycles. The van der Waals surface area contributed by atoms with E-state index in [0.29, 0.717) is 11.7 Å². The van der Waals surface area contributed by atoms with Crippen molar-refractivity contribution in [1.29, 1.82) is 0 Å². The van der Waals surface area contributed by atoms with Gasteiger partial charge in [-0.1, -0.05) is 12.1 Å². The third kappa shape index (κ3) is 5.39. The molecule has 6 nitrogen and oxygen atoms in total. The number of thiazole rings is 1. The maximum atomic E-state index is 11.1. The van der Waals surface area contributed by atoms with E-state index in [1.165, 1.54) is 18.3 Å². The summed E-state index contributed by atoms with van der Waals surface area (Å²) >= 11 is 1.48. The molecule has 27 heavy (non-hydrogen) atoms. The minimum atomic E-state index is -0.0896.